The predicted molar refractivity (Wildman–Crippen MR) is 85.6 cm³/mol. The lowest BCUT2D eigenvalue weighted by molar-refractivity contribution is -0.118. The molecule has 6 nitrogen and oxygen atoms in total. The quantitative estimate of drug-likeness (QED) is 0.626. The molecule has 23 heavy (non-hydrogen) atoms. The zero-order valence-corrected chi connectivity index (χ0v) is 13.0. The second kappa shape index (κ2) is 7.51. The molecule has 0 radical (unpaired) electrons. The number of ether oxygens (including phenoxy) is 2. The number of nitrogens with one attached hydrogen (secondary N) is 1. The van der Waals surface area contributed by atoms with Crippen molar-refractivity contribution in [2.24, 2.45) is 0 Å². The fourth-order valence-electron chi connectivity index (χ4n) is 1.81. The van der Waals surface area contributed by atoms with Crippen LogP contribution in [0.15, 0.2) is 36.4 Å². The maximum atomic E-state index is 11.9. The molecule has 0 fully saturated rings. The Bertz CT molecular complexity index is 732. The van der Waals surface area contributed by atoms with Crippen molar-refractivity contribution in [3.63, 3.8) is 0 Å². The van der Waals surface area contributed by atoms with Crippen LogP contribution in [0.2, 0.25) is 5.02 Å². The number of aldehydes is 1. The molecule has 0 heterocycles. The number of hydrogen-bond acceptors (Lipinski definition) is 5. The van der Waals surface area contributed by atoms with Gasteiger partial charge in [0, 0.05) is 10.6 Å². The molecule has 0 aliphatic heterocycles. The Morgan fingerprint density at radius 1 is 1.26 bits per heavy atom. The Hall–Kier alpha value is -2.73. The molecule has 120 valence electrons. The normalized spacial score (nSPS) is 10.0. The second-order valence-corrected chi connectivity index (χ2v) is 4.96. The standard InChI is InChI=1S/C16H14ClNO5/c1-22-15-6-10(8-19)2-5-14(15)23-9-16(21)18-12-7-11(17)3-4-13(12)20/h2-8,20H,9H2,1H3,(H,18,21). The summed E-state index contributed by atoms with van der Waals surface area (Å²) in [5, 5.41) is 12.5. The summed E-state index contributed by atoms with van der Waals surface area (Å²) in [5.41, 5.74) is 0.622. The van der Waals surface area contributed by atoms with Crippen molar-refractivity contribution in [1.29, 1.82) is 0 Å². The van der Waals surface area contributed by atoms with Crippen LogP contribution in [0.1, 0.15) is 10.4 Å². The highest BCUT2D eigenvalue weighted by atomic mass is 35.5. The summed E-state index contributed by atoms with van der Waals surface area (Å²) < 4.78 is 10.5. The summed E-state index contributed by atoms with van der Waals surface area (Å²) in [6.07, 6.45) is 0.681. The van der Waals surface area contributed by atoms with Gasteiger partial charge in [-0.1, -0.05) is 11.6 Å². The molecule has 1 amide bonds. The van der Waals surface area contributed by atoms with Gasteiger partial charge in [-0.15, -0.1) is 0 Å². The number of carbonyl (C=O) groups is 2. The number of aromatic hydroxyl groups is 1. The minimum atomic E-state index is -0.482. The second-order valence-electron chi connectivity index (χ2n) is 4.53. The Kier molecular flexibility index (Phi) is 5.43. The summed E-state index contributed by atoms with van der Waals surface area (Å²) in [7, 11) is 1.43. The number of rotatable bonds is 6. The average molecular weight is 336 g/mol. The molecule has 0 spiro atoms. The third kappa shape index (κ3) is 4.37. The van der Waals surface area contributed by atoms with Gasteiger partial charge >= 0.3 is 0 Å². The molecule has 0 bridgehead atoms. The summed E-state index contributed by atoms with van der Waals surface area (Å²) >= 11 is 5.80. The number of methoxy groups -OCH3 is 1. The van der Waals surface area contributed by atoms with Crippen molar-refractivity contribution >= 4 is 29.5 Å². The van der Waals surface area contributed by atoms with Crippen LogP contribution in [-0.4, -0.2) is 31.0 Å². The lowest BCUT2D eigenvalue weighted by atomic mass is 10.2. The maximum Gasteiger partial charge on any atom is 0.262 e. The van der Waals surface area contributed by atoms with E-state index in [1.54, 1.807) is 6.07 Å². The summed E-state index contributed by atoms with van der Waals surface area (Å²) in [6, 6.07) is 8.89. The van der Waals surface area contributed by atoms with Crippen LogP contribution in [-0.2, 0) is 4.79 Å². The zero-order valence-electron chi connectivity index (χ0n) is 12.2. The fraction of sp³-hybridized carbons (Fsp3) is 0.125. The molecular formula is C16H14ClNO5. The van der Waals surface area contributed by atoms with E-state index in [0.717, 1.165) is 0 Å². The third-order valence-electron chi connectivity index (χ3n) is 2.92. The van der Waals surface area contributed by atoms with E-state index in [2.05, 4.69) is 5.32 Å². The van der Waals surface area contributed by atoms with Crippen molar-refractivity contribution < 1.29 is 24.2 Å². The van der Waals surface area contributed by atoms with E-state index in [-0.39, 0.29) is 18.0 Å². The number of anilines is 1. The molecule has 7 heteroatoms. The van der Waals surface area contributed by atoms with E-state index >= 15 is 0 Å². The number of phenolic OH excluding ortho intramolecular Hbond substituents is 1. The van der Waals surface area contributed by atoms with Gasteiger partial charge in [0.15, 0.2) is 18.1 Å². The molecule has 0 aromatic heterocycles. The van der Waals surface area contributed by atoms with E-state index in [1.165, 1.54) is 37.4 Å². The SMILES string of the molecule is COc1cc(C=O)ccc1OCC(=O)Nc1cc(Cl)ccc1O. The molecule has 0 aliphatic carbocycles. The number of hydrogen-bond donors (Lipinski definition) is 2. The van der Waals surface area contributed by atoms with Crippen molar-refractivity contribution in [1.82, 2.24) is 0 Å². The van der Waals surface area contributed by atoms with Crippen LogP contribution in [0.25, 0.3) is 0 Å². The van der Waals surface area contributed by atoms with Gasteiger partial charge in [-0.05, 0) is 36.4 Å². The van der Waals surface area contributed by atoms with Crippen LogP contribution in [0, 0.1) is 0 Å². The number of carbonyl (C=O) groups excluding carboxylic acids is 2. The van der Waals surface area contributed by atoms with Gasteiger partial charge in [0.25, 0.3) is 5.91 Å². The van der Waals surface area contributed by atoms with Crippen LogP contribution < -0.4 is 14.8 Å². The van der Waals surface area contributed by atoms with Crippen molar-refractivity contribution in [2.45, 2.75) is 0 Å². The van der Waals surface area contributed by atoms with Gasteiger partial charge in [-0.2, -0.15) is 0 Å². The minimum absolute atomic E-state index is 0.101. The van der Waals surface area contributed by atoms with Gasteiger partial charge in [-0.25, -0.2) is 0 Å². The Balaban J connectivity index is 2.02. The fourth-order valence-corrected chi connectivity index (χ4v) is 1.99. The molecule has 2 aromatic rings. The third-order valence-corrected chi connectivity index (χ3v) is 3.15. The first-order valence-electron chi connectivity index (χ1n) is 6.58. The monoisotopic (exact) mass is 335 g/mol. The lowest BCUT2D eigenvalue weighted by Crippen LogP contribution is -2.20. The van der Waals surface area contributed by atoms with E-state index < -0.39 is 5.91 Å². The summed E-state index contributed by atoms with van der Waals surface area (Å²) in [5.74, 6) is 0.0799. The van der Waals surface area contributed by atoms with Gasteiger partial charge in [-0.3, -0.25) is 9.59 Å². The van der Waals surface area contributed by atoms with E-state index in [1.807, 2.05) is 0 Å². The summed E-state index contributed by atoms with van der Waals surface area (Å²) in [4.78, 5) is 22.6. The predicted octanol–water partition coefficient (Wildman–Crippen LogP) is 2.88. The van der Waals surface area contributed by atoms with Crippen LogP contribution in [0.4, 0.5) is 5.69 Å². The molecule has 0 saturated carbocycles. The largest absolute Gasteiger partial charge is 0.506 e. The molecular weight excluding hydrogens is 322 g/mol. The van der Waals surface area contributed by atoms with Crippen molar-refractivity contribution in [2.75, 3.05) is 19.0 Å². The van der Waals surface area contributed by atoms with Crippen LogP contribution in [0.5, 0.6) is 17.2 Å². The minimum Gasteiger partial charge on any atom is -0.506 e. The number of halogens is 1. The highest BCUT2D eigenvalue weighted by Gasteiger charge is 2.11. The van der Waals surface area contributed by atoms with Crippen molar-refractivity contribution in [3.8, 4) is 17.2 Å². The maximum absolute atomic E-state index is 11.9. The Morgan fingerprint density at radius 2 is 2.04 bits per heavy atom. The smallest absolute Gasteiger partial charge is 0.262 e. The zero-order chi connectivity index (χ0) is 16.8. The molecule has 2 rings (SSSR count). The molecule has 2 aromatic carbocycles. The molecule has 0 saturated heterocycles. The van der Waals surface area contributed by atoms with Crippen LogP contribution >= 0.6 is 11.6 Å². The number of benzene rings is 2. The van der Waals surface area contributed by atoms with Gasteiger partial charge in [0.2, 0.25) is 0 Å². The highest BCUT2D eigenvalue weighted by molar-refractivity contribution is 6.31. The van der Waals surface area contributed by atoms with Gasteiger partial charge in [0.05, 0.1) is 12.8 Å². The first-order chi connectivity index (χ1) is 11.0. The van der Waals surface area contributed by atoms with Crippen LogP contribution in [0.3, 0.4) is 0 Å². The highest BCUT2D eigenvalue weighted by Crippen LogP contribution is 2.28. The van der Waals surface area contributed by atoms with E-state index in [4.69, 9.17) is 21.1 Å². The lowest BCUT2D eigenvalue weighted by Gasteiger charge is -2.12. The number of phenols is 1. The summed E-state index contributed by atoms with van der Waals surface area (Å²) in [6.45, 7) is -0.303. The van der Waals surface area contributed by atoms with Crippen molar-refractivity contribution in [3.05, 3.63) is 47.0 Å². The molecule has 2 N–H and O–H groups in total. The van der Waals surface area contributed by atoms with Gasteiger partial charge in [0.1, 0.15) is 12.0 Å². The Morgan fingerprint density at radius 3 is 2.74 bits per heavy atom. The topological polar surface area (TPSA) is 84.9 Å². The number of amides is 1. The average Bonchev–Trinajstić information content (AvgIpc) is 2.56. The van der Waals surface area contributed by atoms with E-state index in [9.17, 15) is 14.7 Å². The molecule has 0 atom stereocenters. The van der Waals surface area contributed by atoms with Gasteiger partial charge < -0.3 is 19.9 Å². The molecule has 0 aliphatic rings. The Labute approximate surface area is 137 Å². The van der Waals surface area contributed by atoms with E-state index in [0.29, 0.717) is 28.4 Å². The molecule has 0 unspecified atom stereocenters. The first-order valence-corrected chi connectivity index (χ1v) is 6.95. The first kappa shape index (κ1) is 16.6.